The van der Waals surface area contributed by atoms with Gasteiger partial charge in [-0.1, -0.05) is 133 Å². The normalized spacial score (nSPS) is 11.3. The standard InChI is InChI=1S/C42H29N/c1-2-16-34(17-3-1)43(36-18-10-15-32(28-36)38-23-11-14-30-12-4-6-19-37(30)38)35-26-24-31(25-27-35)42-29-33-13-5-7-20-39(33)40-21-8-9-22-41(40)42/h1-29H. The Morgan fingerprint density at radius 1 is 0.279 bits per heavy atom. The Kier molecular flexibility index (Phi) is 6.20. The summed E-state index contributed by atoms with van der Waals surface area (Å²) >= 11 is 0. The average Bonchev–Trinajstić information content (AvgIpc) is 3.09. The second kappa shape index (κ2) is 10.6. The number of nitrogens with zero attached hydrogens (tertiary/aromatic N) is 1. The van der Waals surface area contributed by atoms with Gasteiger partial charge in [0, 0.05) is 17.1 Å². The van der Waals surface area contributed by atoms with Crippen molar-refractivity contribution in [1.29, 1.82) is 0 Å². The molecule has 43 heavy (non-hydrogen) atoms. The molecule has 8 aromatic carbocycles. The van der Waals surface area contributed by atoms with Gasteiger partial charge in [-0.3, -0.25) is 0 Å². The van der Waals surface area contributed by atoms with Crippen LogP contribution < -0.4 is 4.90 Å². The highest BCUT2D eigenvalue weighted by Crippen LogP contribution is 2.40. The molecule has 202 valence electrons. The van der Waals surface area contributed by atoms with Crippen LogP contribution in [0.15, 0.2) is 176 Å². The highest BCUT2D eigenvalue weighted by atomic mass is 15.1. The summed E-state index contributed by atoms with van der Waals surface area (Å²) < 4.78 is 0. The van der Waals surface area contributed by atoms with Crippen molar-refractivity contribution in [3.63, 3.8) is 0 Å². The zero-order valence-electron chi connectivity index (χ0n) is 23.7. The molecule has 0 radical (unpaired) electrons. The van der Waals surface area contributed by atoms with Crippen molar-refractivity contribution < 1.29 is 0 Å². The zero-order chi connectivity index (χ0) is 28.6. The van der Waals surface area contributed by atoms with E-state index < -0.39 is 0 Å². The number of benzene rings is 8. The third kappa shape index (κ3) is 4.52. The summed E-state index contributed by atoms with van der Waals surface area (Å²) in [7, 11) is 0. The molecule has 0 atom stereocenters. The number of hydrogen-bond acceptors (Lipinski definition) is 1. The lowest BCUT2D eigenvalue weighted by Gasteiger charge is -2.26. The molecule has 0 fully saturated rings. The summed E-state index contributed by atoms with van der Waals surface area (Å²) in [6, 6.07) is 63.4. The lowest BCUT2D eigenvalue weighted by Crippen LogP contribution is -2.09. The minimum atomic E-state index is 1.12. The average molecular weight is 548 g/mol. The van der Waals surface area contributed by atoms with E-state index in [1.165, 1.54) is 54.6 Å². The van der Waals surface area contributed by atoms with Gasteiger partial charge in [-0.2, -0.15) is 0 Å². The van der Waals surface area contributed by atoms with Crippen LogP contribution in [0.4, 0.5) is 17.1 Å². The van der Waals surface area contributed by atoms with Crippen molar-refractivity contribution in [3.05, 3.63) is 176 Å². The molecule has 0 aliphatic carbocycles. The molecule has 0 spiro atoms. The van der Waals surface area contributed by atoms with E-state index in [-0.39, 0.29) is 0 Å². The molecule has 0 bridgehead atoms. The Morgan fingerprint density at radius 3 is 1.67 bits per heavy atom. The van der Waals surface area contributed by atoms with Crippen LogP contribution in [0.3, 0.4) is 0 Å². The molecule has 8 aromatic rings. The van der Waals surface area contributed by atoms with Crippen molar-refractivity contribution in [2.45, 2.75) is 0 Å². The molecule has 8 rings (SSSR count). The number of hydrogen-bond donors (Lipinski definition) is 0. The van der Waals surface area contributed by atoms with Crippen molar-refractivity contribution in [1.82, 2.24) is 0 Å². The van der Waals surface area contributed by atoms with E-state index in [0.29, 0.717) is 0 Å². The molecule has 0 N–H and O–H groups in total. The van der Waals surface area contributed by atoms with Gasteiger partial charge in [0.25, 0.3) is 0 Å². The minimum Gasteiger partial charge on any atom is -0.310 e. The topological polar surface area (TPSA) is 3.24 Å². The predicted molar refractivity (Wildman–Crippen MR) is 185 cm³/mol. The van der Waals surface area contributed by atoms with E-state index in [1.807, 2.05) is 0 Å². The first-order chi connectivity index (χ1) is 21.3. The molecule has 1 heteroatoms. The van der Waals surface area contributed by atoms with Crippen LogP contribution in [0.2, 0.25) is 0 Å². The van der Waals surface area contributed by atoms with E-state index in [1.54, 1.807) is 0 Å². The quantitative estimate of drug-likeness (QED) is 0.194. The van der Waals surface area contributed by atoms with Gasteiger partial charge in [0.1, 0.15) is 0 Å². The van der Waals surface area contributed by atoms with Gasteiger partial charge in [0.2, 0.25) is 0 Å². The van der Waals surface area contributed by atoms with Gasteiger partial charge in [-0.05, 0) is 97.0 Å². The van der Waals surface area contributed by atoms with E-state index >= 15 is 0 Å². The molecule has 0 aliphatic rings. The molecule has 0 unspecified atom stereocenters. The summed E-state index contributed by atoms with van der Waals surface area (Å²) in [5, 5.41) is 7.63. The Morgan fingerprint density at radius 2 is 0.860 bits per heavy atom. The van der Waals surface area contributed by atoms with E-state index in [4.69, 9.17) is 0 Å². The van der Waals surface area contributed by atoms with Gasteiger partial charge < -0.3 is 4.90 Å². The fourth-order valence-electron chi connectivity index (χ4n) is 6.40. The van der Waals surface area contributed by atoms with Crippen LogP contribution >= 0.6 is 0 Å². The van der Waals surface area contributed by atoms with Gasteiger partial charge in [-0.25, -0.2) is 0 Å². The van der Waals surface area contributed by atoms with E-state index in [0.717, 1.165) is 17.1 Å². The minimum absolute atomic E-state index is 1.12. The molecular weight excluding hydrogens is 518 g/mol. The summed E-state index contributed by atoms with van der Waals surface area (Å²) in [4.78, 5) is 2.34. The molecular formula is C42H29N. The summed E-state index contributed by atoms with van der Waals surface area (Å²) in [5.41, 5.74) is 8.28. The Hall–Kier alpha value is -5.66. The third-order valence-corrected chi connectivity index (χ3v) is 8.42. The summed E-state index contributed by atoms with van der Waals surface area (Å²) in [5.74, 6) is 0. The van der Waals surface area contributed by atoms with Gasteiger partial charge in [0.05, 0.1) is 0 Å². The lowest BCUT2D eigenvalue weighted by atomic mass is 9.93. The first kappa shape index (κ1) is 25.1. The van der Waals surface area contributed by atoms with Crippen LogP contribution in [0.25, 0.3) is 54.6 Å². The van der Waals surface area contributed by atoms with Crippen LogP contribution in [0, 0.1) is 0 Å². The maximum absolute atomic E-state index is 2.34. The molecule has 0 aromatic heterocycles. The molecule has 0 heterocycles. The molecule has 0 saturated carbocycles. The van der Waals surface area contributed by atoms with E-state index in [9.17, 15) is 0 Å². The highest BCUT2D eigenvalue weighted by molar-refractivity contribution is 6.13. The number of rotatable bonds is 5. The summed E-state index contributed by atoms with van der Waals surface area (Å²) in [6.45, 7) is 0. The smallest absolute Gasteiger partial charge is 0.0467 e. The highest BCUT2D eigenvalue weighted by Gasteiger charge is 2.15. The molecule has 0 amide bonds. The third-order valence-electron chi connectivity index (χ3n) is 8.42. The number of fused-ring (bicyclic) bond motifs is 4. The summed E-state index contributed by atoms with van der Waals surface area (Å²) in [6.07, 6.45) is 0. The first-order valence-corrected chi connectivity index (χ1v) is 14.8. The Labute approximate surface area is 251 Å². The van der Waals surface area contributed by atoms with Crippen LogP contribution in [-0.4, -0.2) is 0 Å². The first-order valence-electron chi connectivity index (χ1n) is 14.8. The Bertz CT molecular complexity index is 2220. The fraction of sp³-hybridized carbons (Fsp3) is 0. The van der Waals surface area contributed by atoms with Crippen molar-refractivity contribution in [3.8, 4) is 22.3 Å². The van der Waals surface area contributed by atoms with Gasteiger partial charge >= 0.3 is 0 Å². The molecule has 1 nitrogen and oxygen atoms in total. The second-order valence-corrected chi connectivity index (χ2v) is 11.0. The van der Waals surface area contributed by atoms with Gasteiger partial charge in [0.15, 0.2) is 0 Å². The molecule has 0 saturated heterocycles. The lowest BCUT2D eigenvalue weighted by molar-refractivity contribution is 1.28. The molecule has 0 aliphatic heterocycles. The van der Waals surface area contributed by atoms with E-state index in [2.05, 4.69) is 181 Å². The van der Waals surface area contributed by atoms with Crippen molar-refractivity contribution >= 4 is 49.4 Å². The number of anilines is 3. The van der Waals surface area contributed by atoms with Crippen LogP contribution in [0.1, 0.15) is 0 Å². The Balaban J connectivity index is 1.25. The monoisotopic (exact) mass is 547 g/mol. The fourth-order valence-corrected chi connectivity index (χ4v) is 6.40. The van der Waals surface area contributed by atoms with Crippen molar-refractivity contribution in [2.75, 3.05) is 4.90 Å². The SMILES string of the molecule is c1ccc(N(c2ccc(-c3cc4ccccc4c4ccccc34)cc2)c2cccc(-c3cccc4ccccc34)c2)cc1. The zero-order valence-corrected chi connectivity index (χ0v) is 23.7. The second-order valence-electron chi connectivity index (χ2n) is 11.0. The van der Waals surface area contributed by atoms with Crippen LogP contribution in [-0.2, 0) is 0 Å². The van der Waals surface area contributed by atoms with Gasteiger partial charge in [-0.15, -0.1) is 0 Å². The van der Waals surface area contributed by atoms with Crippen molar-refractivity contribution in [2.24, 2.45) is 0 Å². The van der Waals surface area contributed by atoms with Crippen LogP contribution in [0.5, 0.6) is 0 Å². The predicted octanol–water partition coefficient (Wildman–Crippen LogP) is 11.9. The maximum atomic E-state index is 2.34. The number of para-hydroxylation sites is 1. The largest absolute Gasteiger partial charge is 0.310 e. The maximum Gasteiger partial charge on any atom is 0.0467 e.